The Balaban J connectivity index is 2.11. The first-order valence-electron chi connectivity index (χ1n) is 7.29. The minimum Gasteiger partial charge on any atom is -0.478 e. The fourth-order valence-electron chi connectivity index (χ4n) is 3.96. The number of carbonyl (C=O) groups excluding carboxylic acids is 1. The largest absolute Gasteiger partial charge is 0.478 e. The molecule has 1 aromatic carbocycles. The van der Waals surface area contributed by atoms with Gasteiger partial charge < -0.3 is 10.1 Å². The average molecular weight is 302 g/mol. The normalized spacial score (nSPS) is 24.5. The minimum atomic E-state index is -1.22. The van der Waals surface area contributed by atoms with Crippen molar-refractivity contribution in [3.05, 3.63) is 34.8 Å². The predicted octanol–water partition coefficient (Wildman–Crippen LogP) is 2.51. The van der Waals surface area contributed by atoms with Gasteiger partial charge in [0.15, 0.2) is 5.78 Å². The number of fused-ring (bicyclic) bond motifs is 5. The predicted molar refractivity (Wildman–Crippen MR) is 77.7 cm³/mol. The number of ketones is 1. The fraction of sp³-hybridized carbons (Fsp3) is 0.375. The van der Waals surface area contributed by atoms with Crippen molar-refractivity contribution >= 4 is 22.7 Å². The number of carboxylic acids is 1. The molecule has 2 aromatic rings. The maximum Gasteiger partial charge on any atom is 0.336 e. The molecule has 1 fully saturated rings. The van der Waals surface area contributed by atoms with Crippen molar-refractivity contribution in [2.45, 2.75) is 25.3 Å². The van der Waals surface area contributed by atoms with Crippen LogP contribution >= 0.6 is 0 Å². The zero-order valence-corrected chi connectivity index (χ0v) is 12.1. The van der Waals surface area contributed by atoms with Crippen molar-refractivity contribution < 1.29 is 19.1 Å². The van der Waals surface area contributed by atoms with Crippen LogP contribution in [0.3, 0.4) is 0 Å². The number of nitrogens with one attached hydrogen (secondary N) is 1. The second-order valence-corrected chi connectivity index (χ2v) is 6.28. The van der Waals surface area contributed by atoms with Crippen LogP contribution in [0.25, 0.3) is 10.9 Å². The van der Waals surface area contributed by atoms with Crippen molar-refractivity contribution in [1.29, 1.82) is 0 Å². The summed E-state index contributed by atoms with van der Waals surface area (Å²) in [5.74, 6) is -1.95. The number of rotatable bonds is 1. The third-order valence-electron chi connectivity index (χ3n) is 5.03. The van der Waals surface area contributed by atoms with Gasteiger partial charge >= 0.3 is 5.97 Å². The Morgan fingerprint density at radius 2 is 2.23 bits per heavy atom. The highest BCUT2D eigenvalue weighted by atomic mass is 19.1. The van der Waals surface area contributed by atoms with Crippen LogP contribution in [-0.4, -0.2) is 39.8 Å². The van der Waals surface area contributed by atoms with Gasteiger partial charge in [-0.05, 0) is 38.4 Å². The molecule has 0 bridgehead atoms. The number of hydrogen-bond acceptors (Lipinski definition) is 3. The smallest absolute Gasteiger partial charge is 0.336 e. The quantitative estimate of drug-likeness (QED) is 0.849. The Morgan fingerprint density at radius 1 is 1.45 bits per heavy atom. The van der Waals surface area contributed by atoms with Crippen molar-refractivity contribution in [2.24, 2.45) is 0 Å². The lowest BCUT2D eigenvalue weighted by atomic mass is 9.85. The number of aromatic nitrogens is 1. The van der Waals surface area contributed by atoms with E-state index in [2.05, 4.69) is 16.8 Å². The van der Waals surface area contributed by atoms with Gasteiger partial charge in [-0.1, -0.05) is 0 Å². The molecule has 2 N–H and O–H groups in total. The summed E-state index contributed by atoms with van der Waals surface area (Å²) >= 11 is 0. The van der Waals surface area contributed by atoms with E-state index in [1.807, 2.05) is 0 Å². The number of carbonyl (C=O) groups is 2. The highest BCUT2D eigenvalue weighted by Crippen LogP contribution is 2.45. The van der Waals surface area contributed by atoms with Crippen LogP contribution < -0.4 is 0 Å². The Kier molecular flexibility index (Phi) is 2.55. The molecule has 0 aliphatic carbocycles. The van der Waals surface area contributed by atoms with E-state index in [1.165, 1.54) is 6.07 Å². The van der Waals surface area contributed by atoms with Crippen LogP contribution in [0.2, 0.25) is 0 Å². The monoisotopic (exact) mass is 302 g/mol. The lowest BCUT2D eigenvalue weighted by Crippen LogP contribution is -2.46. The fourth-order valence-corrected chi connectivity index (χ4v) is 3.96. The maximum atomic E-state index is 13.7. The van der Waals surface area contributed by atoms with Gasteiger partial charge in [0, 0.05) is 11.1 Å². The lowest BCUT2D eigenvalue weighted by Gasteiger charge is -2.38. The average Bonchev–Trinajstić information content (AvgIpc) is 3.00. The molecule has 1 atom stereocenters. The van der Waals surface area contributed by atoms with Crippen LogP contribution in [0.15, 0.2) is 12.1 Å². The number of halogens is 1. The van der Waals surface area contributed by atoms with E-state index in [4.69, 9.17) is 0 Å². The summed E-state index contributed by atoms with van der Waals surface area (Å²) in [7, 11) is 0. The number of H-pyrrole nitrogens is 1. The number of nitrogens with zero attached hydrogens (tertiary/aromatic N) is 1. The van der Waals surface area contributed by atoms with Crippen molar-refractivity contribution in [1.82, 2.24) is 9.88 Å². The number of benzene rings is 1. The molecule has 0 spiro atoms. The Labute approximate surface area is 125 Å². The third-order valence-corrected chi connectivity index (χ3v) is 5.03. The van der Waals surface area contributed by atoms with Gasteiger partial charge in [-0.2, -0.15) is 0 Å². The molecular weight excluding hydrogens is 287 g/mol. The van der Waals surface area contributed by atoms with Gasteiger partial charge in [0.05, 0.1) is 28.7 Å². The number of carboxylic acid groups (broad SMARTS) is 1. The van der Waals surface area contributed by atoms with E-state index in [0.717, 1.165) is 31.1 Å². The number of aromatic amines is 1. The Morgan fingerprint density at radius 3 is 2.95 bits per heavy atom. The van der Waals surface area contributed by atoms with E-state index in [9.17, 15) is 19.1 Å². The third kappa shape index (κ3) is 1.56. The Hall–Kier alpha value is -2.21. The topological polar surface area (TPSA) is 73.4 Å². The first-order valence-corrected chi connectivity index (χ1v) is 7.29. The SMILES string of the molecule is CC12CCCN1CC(=O)c1c2[nH]c2cc(F)cc(C(=O)O)c12. The van der Waals surface area contributed by atoms with Crippen LogP contribution in [0.4, 0.5) is 4.39 Å². The molecule has 1 saturated heterocycles. The van der Waals surface area contributed by atoms with Gasteiger partial charge in [-0.25, -0.2) is 9.18 Å². The van der Waals surface area contributed by atoms with Crippen LogP contribution in [0.1, 0.15) is 46.2 Å². The molecule has 114 valence electrons. The zero-order chi connectivity index (χ0) is 15.6. The summed E-state index contributed by atoms with van der Waals surface area (Å²) in [6.45, 7) is 3.18. The standard InChI is InChI=1S/C16H15FN2O3/c1-16-3-2-4-19(16)7-11(20)13-12-9(15(21)22)5-8(17)6-10(12)18-14(13)16/h5-6,18H,2-4,7H2,1H3,(H,21,22). The van der Waals surface area contributed by atoms with Crippen LogP contribution in [0.5, 0.6) is 0 Å². The summed E-state index contributed by atoms with van der Waals surface area (Å²) in [6.07, 6.45) is 1.88. The molecule has 2 aliphatic rings. The molecule has 0 saturated carbocycles. The van der Waals surface area contributed by atoms with Gasteiger partial charge in [-0.3, -0.25) is 9.69 Å². The van der Waals surface area contributed by atoms with E-state index in [-0.39, 0.29) is 23.4 Å². The molecule has 5 nitrogen and oxygen atoms in total. The van der Waals surface area contributed by atoms with Gasteiger partial charge in [-0.15, -0.1) is 0 Å². The molecule has 0 radical (unpaired) electrons. The zero-order valence-electron chi connectivity index (χ0n) is 12.1. The van der Waals surface area contributed by atoms with Crippen LogP contribution in [-0.2, 0) is 5.54 Å². The molecule has 1 unspecified atom stereocenters. The molecular formula is C16H15FN2O3. The highest BCUT2D eigenvalue weighted by Gasteiger charge is 2.47. The second kappa shape index (κ2) is 4.16. The first-order chi connectivity index (χ1) is 10.4. The van der Waals surface area contributed by atoms with Gasteiger partial charge in [0.1, 0.15) is 5.82 Å². The summed E-state index contributed by atoms with van der Waals surface area (Å²) < 4.78 is 13.7. The summed E-state index contributed by atoms with van der Waals surface area (Å²) in [5.41, 5.74) is 1.06. The van der Waals surface area contributed by atoms with Gasteiger partial charge in [0.25, 0.3) is 0 Å². The summed E-state index contributed by atoms with van der Waals surface area (Å²) in [5, 5.41) is 9.70. The van der Waals surface area contributed by atoms with Gasteiger partial charge in [0.2, 0.25) is 0 Å². The number of aromatic carboxylic acids is 1. The van der Waals surface area contributed by atoms with Crippen molar-refractivity contribution in [2.75, 3.05) is 13.1 Å². The van der Waals surface area contributed by atoms with E-state index < -0.39 is 11.8 Å². The lowest BCUT2D eigenvalue weighted by molar-refractivity contribution is 0.0698. The van der Waals surface area contributed by atoms with Crippen LogP contribution in [0, 0.1) is 5.82 Å². The van der Waals surface area contributed by atoms with E-state index >= 15 is 0 Å². The molecule has 1 aromatic heterocycles. The van der Waals surface area contributed by atoms with Crippen molar-refractivity contribution in [3.63, 3.8) is 0 Å². The maximum absolute atomic E-state index is 13.7. The molecule has 22 heavy (non-hydrogen) atoms. The van der Waals surface area contributed by atoms with E-state index in [0.29, 0.717) is 16.5 Å². The second-order valence-electron chi connectivity index (χ2n) is 6.28. The Bertz CT molecular complexity index is 842. The summed E-state index contributed by atoms with van der Waals surface area (Å²) in [6, 6.07) is 2.24. The molecule has 4 rings (SSSR count). The molecule has 2 aliphatic heterocycles. The van der Waals surface area contributed by atoms with E-state index in [1.54, 1.807) is 0 Å². The number of Topliss-reactive ketones (excluding diaryl/α,β-unsaturated/α-hetero) is 1. The molecule has 3 heterocycles. The molecule has 0 amide bonds. The summed E-state index contributed by atoms with van der Waals surface area (Å²) in [4.78, 5) is 29.3. The van der Waals surface area contributed by atoms with Crippen molar-refractivity contribution in [3.8, 4) is 0 Å². The number of hydrogen-bond donors (Lipinski definition) is 2. The molecule has 6 heteroatoms. The first kappa shape index (κ1) is 13.5. The minimum absolute atomic E-state index is 0.102. The highest BCUT2D eigenvalue weighted by molar-refractivity contribution is 6.17.